The molecular formula is C19H15F4N3O. The van der Waals surface area contributed by atoms with Crippen LogP contribution in [0.5, 0.6) is 0 Å². The number of alkyl halides is 3. The summed E-state index contributed by atoms with van der Waals surface area (Å²) in [6.07, 6.45) is -4.52. The van der Waals surface area contributed by atoms with Crippen molar-refractivity contribution in [3.8, 4) is 11.3 Å². The summed E-state index contributed by atoms with van der Waals surface area (Å²) < 4.78 is 53.5. The van der Waals surface area contributed by atoms with Crippen molar-refractivity contribution in [1.82, 2.24) is 9.78 Å². The second-order valence-electron chi connectivity index (χ2n) is 5.74. The summed E-state index contributed by atoms with van der Waals surface area (Å²) in [6.45, 7) is 1.97. The molecule has 0 radical (unpaired) electrons. The molecule has 0 fully saturated rings. The first-order valence-electron chi connectivity index (χ1n) is 8.11. The molecule has 140 valence electrons. The molecule has 1 heterocycles. The summed E-state index contributed by atoms with van der Waals surface area (Å²) in [6, 6.07) is 12.8. The van der Waals surface area contributed by atoms with Crippen LogP contribution in [0.15, 0.2) is 54.6 Å². The van der Waals surface area contributed by atoms with Crippen LogP contribution in [0.4, 0.5) is 23.2 Å². The Labute approximate surface area is 152 Å². The number of aromatic nitrogens is 2. The van der Waals surface area contributed by atoms with Gasteiger partial charge in [0.1, 0.15) is 5.82 Å². The summed E-state index contributed by atoms with van der Waals surface area (Å²) in [5.41, 5.74) is 0.169. The third kappa shape index (κ3) is 3.99. The molecule has 8 heteroatoms. The number of carbonyl (C=O) groups excluding carboxylic acids is 1. The van der Waals surface area contributed by atoms with Crippen molar-refractivity contribution >= 4 is 11.6 Å². The zero-order valence-electron chi connectivity index (χ0n) is 14.2. The van der Waals surface area contributed by atoms with Crippen LogP contribution < -0.4 is 5.32 Å². The van der Waals surface area contributed by atoms with Crippen molar-refractivity contribution in [2.24, 2.45) is 0 Å². The number of anilines is 1. The fraction of sp³-hybridized carbons (Fsp3) is 0.158. The number of amides is 1. The lowest BCUT2D eigenvalue weighted by molar-refractivity contribution is -0.141. The Kier molecular flexibility index (Phi) is 4.98. The maximum absolute atomic E-state index is 13.6. The van der Waals surface area contributed by atoms with Crippen molar-refractivity contribution in [3.63, 3.8) is 0 Å². The number of aryl methyl sites for hydroxylation is 1. The fourth-order valence-electron chi connectivity index (χ4n) is 2.60. The van der Waals surface area contributed by atoms with Gasteiger partial charge in [-0.15, -0.1) is 0 Å². The quantitative estimate of drug-likeness (QED) is 0.652. The van der Waals surface area contributed by atoms with Gasteiger partial charge in [0.15, 0.2) is 5.69 Å². The van der Waals surface area contributed by atoms with Gasteiger partial charge in [0.25, 0.3) is 5.91 Å². The van der Waals surface area contributed by atoms with Gasteiger partial charge in [0.05, 0.1) is 11.3 Å². The molecule has 0 spiro atoms. The maximum Gasteiger partial charge on any atom is 0.435 e. The summed E-state index contributed by atoms with van der Waals surface area (Å²) in [7, 11) is 0. The normalized spacial score (nSPS) is 11.4. The van der Waals surface area contributed by atoms with E-state index in [1.807, 2.05) is 0 Å². The third-order valence-electron chi connectivity index (χ3n) is 3.93. The Morgan fingerprint density at radius 1 is 1.11 bits per heavy atom. The molecule has 0 aliphatic rings. The fourth-order valence-corrected chi connectivity index (χ4v) is 2.60. The van der Waals surface area contributed by atoms with E-state index in [0.717, 1.165) is 6.07 Å². The van der Waals surface area contributed by atoms with Crippen molar-refractivity contribution in [1.29, 1.82) is 0 Å². The minimum atomic E-state index is -4.52. The van der Waals surface area contributed by atoms with Gasteiger partial charge >= 0.3 is 6.18 Å². The van der Waals surface area contributed by atoms with E-state index in [0.29, 0.717) is 16.9 Å². The number of nitrogens with one attached hydrogen (secondary N) is 1. The van der Waals surface area contributed by atoms with Crippen molar-refractivity contribution < 1.29 is 22.4 Å². The Bertz CT molecular complexity index is 962. The molecule has 0 unspecified atom stereocenters. The van der Waals surface area contributed by atoms with E-state index in [1.54, 1.807) is 25.1 Å². The van der Waals surface area contributed by atoms with Crippen molar-refractivity contribution in [2.45, 2.75) is 19.6 Å². The van der Waals surface area contributed by atoms with Gasteiger partial charge in [0.2, 0.25) is 0 Å². The van der Waals surface area contributed by atoms with Crippen molar-refractivity contribution in [3.05, 3.63) is 71.7 Å². The van der Waals surface area contributed by atoms with E-state index in [9.17, 15) is 22.4 Å². The molecule has 0 saturated heterocycles. The van der Waals surface area contributed by atoms with E-state index in [4.69, 9.17) is 0 Å². The Morgan fingerprint density at radius 2 is 1.78 bits per heavy atom. The van der Waals surface area contributed by atoms with Crippen LogP contribution in [0.3, 0.4) is 0 Å². The highest BCUT2D eigenvalue weighted by molar-refractivity contribution is 6.04. The second-order valence-corrected chi connectivity index (χ2v) is 5.74. The third-order valence-corrected chi connectivity index (χ3v) is 3.93. The number of hydrogen-bond acceptors (Lipinski definition) is 2. The van der Waals surface area contributed by atoms with Crippen LogP contribution in [0.25, 0.3) is 11.3 Å². The van der Waals surface area contributed by atoms with Gasteiger partial charge in [-0.1, -0.05) is 24.3 Å². The van der Waals surface area contributed by atoms with Crippen LogP contribution in [-0.4, -0.2) is 15.7 Å². The SMILES string of the molecule is CCn1nc(C(F)(F)F)cc1-c1ccc(NC(=O)c2ccccc2F)cc1. The molecule has 1 aromatic heterocycles. The first-order valence-corrected chi connectivity index (χ1v) is 8.11. The number of nitrogens with zero attached hydrogens (tertiary/aromatic N) is 2. The van der Waals surface area contributed by atoms with Gasteiger partial charge in [-0.05, 0) is 42.8 Å². The first kappa shape index (κ1) is 18.6. The second kappa shape index (κ2) is 7.22. The van der Waals surface area contributed by atoms with Crippen LogP contribution in [0.1, 0.15) is 23.0 Å². The molecule has 0 aliphatic heterocycles. The van der Waals surface area contributed by atoms with E-state index in [2.05, 4.69) is 10.4 Å². The average Bonchev–Trinajstić information content (AvgIpc) is 3.07. The highest BCUT2D eigenvalue weighted by Crippen LogP contribution is 2.32. The van der Waals surface area contributed by atoms with E-state index in [-0.39, 0.29) is 12.1 Å². The first-order chi connectivity index (χ1) is 12.8. The highest BCUT2D eigenvalue weighted by Gasteiger charge is 2.34. The topological polar surface area (TPSA) is 46.9 Å². The van der Waals surface area contributed by atoms with Gasteiger partial charge in [-0.3, -0.25) is 9.48 Å². The lowest BCUT2D eigenvalue weighted by Crippen LogP contribution is -2.13. The molecule has 2 aromatic carbocycles. The standard InChI is InChI=1S/C19H15F4N3O/c1-2-26-16(11-17(25-26)19(21,22)23)12-7-9-13(10-8-12)24-18(27)14-5-3-4-6-15(14)20/h3-11H,2H2,1H3,(H,24,27). The minimum Gasteiger partial charge on any atom is -0.322 e. The minimum absolute atomic E-state index is 0.0968. The van der Waals surface area contributed by atoms with Crippen LogP contribution in [0, 0.1) is 5.82 Å². The molecular weight excluding hydrogens is 362 g/mol. The van der Waals surface area contributed by atoms with Crippen LogP contribution in [-0.2, 0) is 12.7 Å². The summed E-state index contributed by atoms with van der Waals surface area (Å²) in [4.78, 5) is 12.1. The van der Waals surface area contributed by atoms with E-state index < -0.39 is 23.6 Å². The molecule has 0 bridgehead atoms. The van der Waals surface area contributed by atoms with Crippen molar-refractivity contribution in [2.75, 3.05) is 5.32 Å². The Hall–Kier alpha value is -3.16. The van der Waals surface area contributed by atoms with E-state index in [1.165, 1.54) is 35.0 Å². The molecule has 4 nitrogen and oxygen atoms in total. The predicted molar refractivity (Wildman–Crippen MR) is 92.7 cm³/mol. The lowest BCUT2D eigenvalue weighted by atomic mass is 10.1. The Morgan fingerprint density at radius 3 is 2.37 bits per heavy atom. The van der Waals surface area contributed by atoms with Gasteiger partial charge < -0.3 is 5.32 Å². The number of carbonyl (C=O) groups is 1. The van der Waals surface area contributed by atoms with Gasteiger partial charge in [0, 0.05) is 12.2 Å². The summed E-state index contributed by atoms with van der Waals surface area (Å²) >= 11 is 0. The monoisotopic (exact) mass is 377 g/mol. The number of halogens is 4. The zero-order chi connectivity index (χ0) is 19.6. The van der Waals surface area contributed by atoms with Crippen LogP contribution >= 0.6 is 0 Å². The molecule has 0 saturated carbocycles. The van der Waals surface area contributed by atoms with Crippen LogP contribution in [0.2, 0.25) is 0 Å². The maximum atomic E-state index is 13.6. The number of rotatable bonds is 4. The molecule has 27 heavy (non-hydrogen) atoms. The predicted octanol–water partition coefficient (Wildman–Crippen LogP) is 4.98. The zero-order valence-corrected chi connectivity index (χ0v) is 14.2. The largest absolute Gasteiger partial charge is 0.435 e. The molecule has 0 atom stereocenters. The number of hydrogen-bond donors (Lipinski definition) is 1. The molecule has 1 amide bonds. The molecule has 1 N–H and O–H groups in total. The van der Waals surface area contributed by atoms with Gasteiger partial charge in [-0.2, -0.15) is 18.3 Å². The van der Waals surface area contributed by atoms with E-state index >= 15 is 0 Å². The highest BCUT2D eigenvalue weighted by atomic mass is 19.4. The molecule has 3 aromatic rings. The lowest BCUT2D eigenvalue weighted by Gasteiger charge is -2.08. The Balaban J connectivity index is 1.83. The van der Waals surface area contributed by atoms with Gasteiger partial charge in [-0.25, -0.2) is 4.39 Å². The summed E-state index contributed by atoms with van der Waals surface area (Å²) in [5, 5.41) is 6.13. The summed E-state index contributed by atoms with van der Waals surface area (Å²) in [5.74, 6) is -1.25. The molecule has 0 aliphatic carbocycles. The average molecular weight is 377 g/mol. The molecule has 3 rings (SSSR count). The number of benzene rings is 2. The smallest absolute Gasteiger partial charge is 0.322 e.